The number of ether oxygens (including phenoxy) is 4. The lowest BCUT2D eigenvalue weighted by Crippen LogP contribution is -2.36. The van der Waals surface area contributed by atoms with Gasteiger partial charge in [0.1, 0.15) is 0 Å². The molecule has 0 unspecified atom stereocenters. The fourth-order valence-corrected chi connectivity index (χ4v) is 0.618. The van der Waals surface area contributed by atoms with Crippen LogP contribution in [0.5, 0.6) is 0 Å². The third-order valence-corrected chi connectivity index (χ3v) is 1.23. The van der Waals surface area contributed by atoms with E-state index in [9.17, 15) is 4.79 Å². The van der Waals surface area contributed by atoms with E-state index in [1.165, 1.54) is 14.2 Å². The number of hydrogen-bond donors (Lipinski definition) is 0. The Morgan fingerprint density at radius 1 is 1.50 bits per heavy atom. The molecule has 1 heterocycles. The third-order valence-electron chi connectivity index (χ3n) is 1.23. The van der Waals surface area contributed by atoms with Crippen LogP contribution in [0.4, 0.5) is 4.79 Å². The highest BCUT2D eigenvalue weighted by atomic mass is 16.9. The van der Waals surface area contributed by atoms with Crippen molar-refractivity contribution in [3.63, 3.8) is 0 Å². The first-order valence-electron chi connectivity index (χ1n) is 2.68. The molecule has 5 heteroatoms. The van der Waals surface area contributed by atoms with Gasteiger partial charge in [0.05, 0.1) is 0 Å². The molecule has 0 spiro atoms. The average molecular weight is 148 g/mol. The Balaban J connectivity index is 2.59. The van der Waals surface area contributed by atoms with Crippen molar-refractivity contribution in [2.45, 2.75) is 5.97 Å². The topological polar surface area (TPSA) is 54.0 Å². The molecule has 1 aliphatic rings. The van der Waals surface area contributed by atoms with Gasteiger partial charge in [-0.15, -0.1) is 0 Å². The van der Waals surface area contributed by atoms with Gasteiger partial charge in [-0.2, -0.15) is 0 Å². The first kappa shape index (κ1) is 7.30. The van der Waals surface area contributed by atoms with Crippen molar-refractivity contribution in [2.75, 3.05) is 20.8 Å². The molecule has 0 aromatic heterocycles. The van der Waals surface area contributed by atoms with Crippen molar-refractivity contribution in [3.05, 3.63) is 0 Å². The molecular formula is C5H8O5. The van der Waals surface area contributed by atoms with Crippen LogP contribution in [-0.2, 0) is 18.9 Å². The van der Waals surface area contributed by atoms with Crippen LogP contribution < -0.4 is 0 Å². The van der Waals surface area contributed by atoms with E-state index in [1.807, 2.05) is 0 Å². The maximum atomic E-state index is 10.4. The molecular weight excluding hydrogens is 140 g/mol. The average Bonchev–Trinajstić information content (AvgIpc) is 2.33. The fourth-order valence-electron chi connectivity index (χ4n) is 0.618. The Morgan fingerprint density at radius 2 is 2.10 bits per heavy atom. The van der Waals surface area contributed by atoms with Crippen LogP contribution in [-0.4, -0.2) is 33.0 Å². The van der Waals surface area contributed by atoms with Crippen LogP contribution in [0.1, 0.15) is 0 Å². The van der Waals surface area contributed by atoms with Crippen molar-refractivity contribution in [1.29, 1.82) is 0 Å². The van der Waals surface area contributed by atoms with Gasteiger partial charge in [0, 0.05) is 14.2 Å². The highest BCUT2D eigenvalue weighted by molar-refractivity contribution is 5.62. The van der Waals surface area contributed by atoms with E-state index < -0.39 is 12.1 Å². The van der Waals surface area contributed by atoms with E-state index in [4.69, 9.17) is 9.47 Å². The summed E-state index contributed by atoms with van der Waals surface area (Å²) in [6.07, 6.45) is -0.774. The smallest absolute Gasteiger partial charge is 0.424 e. The minimum absolute atomic E-state index is 0.0289. The highest BCUT2D eigenvalue weighted by Crippen LogP contribution is 2.20. The molecule has 0 aromatic carbocycles. The van der Waals surface area contributed by atoms with Crippen molar-refractivity contribution in [1.82, 2.24) is 0 Å². The predicted octanol–water partition coefficient (Wildman–Crippen LogP) is 0.0998. The summed E-state index contributed by atoms with van der Waals surface area (Å²) in [6, 6.07) is 0. The van der Waals surface area contributed by atoms with E-state index in [0.717, 1.165) is 0 Å². The molecule has 10 heavy (non-hydrogen) atoms. The zero-order valence-electron chi connectivity index (χ0n) is 5.75. The van der Waals surface area contributed by atoms with Gasteiger partial charge in [0.15, 0.2) is 6.61 Å². The van der Waals surface area contributed by atoms with Gasteiger partial charge in [0.25, 0.3) is 0 Å². The maximum absolute atomic E-state index is 10.4. The molecule has 0 bridgehead atoms. The van der Waals surface area contributed by atoms with Gasteiger partial charge in [-0.25, -0.2) is 4.79 Å². The second-order valence-corrected chi connectivity index (χ2v) is 1.73. The molecule has 0 aliphatic carbocycles. The molecule has 0 N–H and O–H groups in total. The molecule has 0 radical (unpaired) electrons. The normalized spacial score (nSPS) is 22.0. The van der Waals surface area contributed by atoms with Gasteiger partial charge in [-0.1, -0.05) is 0 Å². The predicted molar refractivity (Wildman–Crippen MR) is 29.2 cm³/mol. The number of carbonyl (C=O) groups is 1. The van der Waals surface area contributed by atoms with Gasteiger partial charge < -0.3 is 18.9 Å². The Kier molecular flexibility index (Phi) is 1.78. The summed E-state index contributed by atoms with van der Waals surface area (Å²) >= 11 is 0. The van der Waals surface area contributed by atoms with Crippen molar-refractivity contribution < 1.29 is 23.7 Å². The first-order chi connectivity index (χ1) is 4.72. The van der Waals surface area contributed by atoms with Gasteiger partial charge in [-0.3, -0.25) is 0 Å². The van der Waals surface area contributed by atoms with Crippen LogP contribution in [0.15, 0.2) is 0 Å². The molecule has 0 atom stereocenters. The number of methoxy groups -OCH3 is 2. The summed E-state index contributed by atoms with van der Waals surface area (Å²) in [7, 11) is 2.73. The van der Waals surface area contributed by atoms with E-state index in [1.54, 1.807) is 0 Å². The zero-order chi connectivity index (χ0) is 7.61. The molecule has 1 rings (SSSR count). The van der Waals surface area contributed by atoms with Gasteiger partial charge >= 0.3 is 12.1 Å². The SMILES string of the molecule is COC1(OC)COC(=O)O1. The lowest BCUT2D eigenvalue weighted by molar-refractivity contribution is -0.317. The molecule has 0 aromatic rings. The molecule has 1 fully saturated rings. The first-order valence-corrected chi connectivity index (χ1v) is 2.68. The van der Waals surface area contributed by atoms with Gasteiger partial charge in [-0.05, 0) is 0 Å². The molecule has 0 amide bonds. The third kappa shape index (κ3) is 1.05. The Hall–Kier alpha value is -0.810. The summed E-state index contributed by atoms with van der Waals surface area (Å²) < 4.78 is 18.4. The second-order valence-electron chi connectivity index (χ2n) is 1.73. The Labute approximate surface area is 57.8 Å². The largest absolute Gasteiger partial charge is 0.513 e. The molecule has 58 valence electrons. The van der Waals surface area contributed by atoms with E-state index in [-0.39, 0.29) is 6.61 Å². The Morgan fingerprint density at radius 3 is 2.30 bits per heavy atom. The van der Waals surface area contributed by atoms with Crippen LogP contribution in [0, 0.1) is 0 Å². The van der Waals surface area contributed by atoms with Crippen LogP contribution in [0.3, 0.4) is 0 Å². The maximum Gasteiger partial charge on any atom is 0.513 e. The molecule has 0 saturated carbocycles. The lowest BCUT2D eigenvalue weighted by atomic mass is 10.6. The highest BCUT2D eigenvalue weighted by Gasteiger charge is 2.43. The number of carbonyl (C=O) groups excluding carboxylic acids is 1. The molecule has 1 aliphatic heterocycles. The Bertz CT molecular complexity index is 139. The lowest BCUT2D eigenvalue weighted by Gasteiger charge is -2.19. The minimum Gasteiger partial charge on any atom is -0.424 e. The van der Waals surface area contributed by atoms with Crippen LogP contribution >= 0.6 is 0 Å². The quantitative estimate of drug-likeness (QED) is 0.410. The summed E-state index contributed by atoms with van der Waals surface area (Å²) in [6.45, 7) is -0.0289. The summed E-state index contributed by atoms with van der Waals surface area (Å²) in [5, 5.41) is 0. The van der Waals surface area contributed by atoms with Crippen molar-refractivity contribution in [3.8, 4) is 0 Å². The molecule has 5 nitrogen and oxygen atoms in total. The number of hydrogen-bond acceptors (Lipinski definition) is 5. The fraction of sp³-hybridized carbons (Fsp3) is 0.800. The van der Waals surface area contributed by atoms with E-state index in [2.05, 4.69) is 9.47 Å². The second kappa shape index (κ2) is 2.43. The standard InChI is InChI=1S/C5H8O5/c1-7-5(8-2)3-9-4(6)10-5/h3H2,1-2H3. The zero-order valence-corrected chi connectivity index (χ0v) is 5.75. The van der Waals surface area contributed by atoms with Crippen molar-refractivity contribution in [2.24, 2.45) is 0 Å². The summed E-state index contributed by atoms with van der Waals surface area (Å²) in [5.74, 6) is -1.32. The van der Waals surface area contributed by atoms with Crippen molar-refractivity contribution >= 4 is 6.16 Å². The summed E-state index contributed by atoms with van der Waals surface area (Å²) in [4.78, 5) is 10.4. The number of cyclic esters (lactones) is 2. The molecule has 1 saturated heterocycles. The van der Waals surface area contributed by atoms with Crippen LogP contribution in [0.25, 0.3) is 0 Å². The van der Waals surface area contributed by atoms with E-state index >= 15 is 0 Å². The van der Waals surface area contributed by atoms with Gasteiger partial charge in [0.2, 0.25) is 0 Å². The monoisotopic (exact) mass is 148 g/mol. The van der Waals surface area contributed by atoms with E-state index in [0.29, 0.717) is 0 Å². The van der Waals surface area contributed by atoms with Crippen LogP contribution in [0.2, 0.25) is 0 Å². The minimum atomic E-state index is -1.32. The number of rotatable bonds is 2. The summed E-state index contributed by atoms with van der Waals surface area (Å²) in [5.41, 5.74) is 0.